The number of rotatable bonds is 3. The molecule has 1 heterocycles. The normalized spacial score (nSPS) is 33.9. The maximum Gasteiger partial charge on any atom is 0.115 e. The summed E-state index contributed by atoms with van der Waals surface area (Å²) >= 11 is 0. The second-order valence-corrected chi connectivity index (χ2v) is 9.27. The van der Waals surface area contributed by atoms with Gasteiger partial charge in [-0.1, -0.05) is 30.6 Å². The maximum absolute atomic E-state index is 10.1. The van der Waals surface area contributed by atoms with E-state index < -0.39 is 0 Å². The molecule has 3 aliphatic carbocycles. The molecule has 2 nitrogen and oxygen atoms in total. The van der Waals surface area contributed by atoms with E-state index in [1.54, 1.807) is 5.57 Å². The Morgan fingerprint density at radius 1 is 1.12 bits per heavy atom. The van der Waals surface area contributed by atoms with Crippen LogP contribution in [0.4, 0.5) is 0 Å². The molecular weight excluding hydrogens is 318 g/mol. The number of phenols is 1. The lowest BCUT2D eigenvalue weighted by molar-refractivity contribution is -0.0108. The van der Waals surface area contributed by atoms with Crippen LogP contribution in [-0.2, 0) is 11.8 Å². The number of likely N-dealkylation sites (tertiary alicyclic amines) is 1. The number of phenolic OH excluding ortho intramolecular Hbond substituents is 1. The molecule has 0 aromatic heterocycles. The quantitative estimate of drug-likeness (QED) is 0.743. The van der Waals surface area contributed by atoms with E-state index in [9.17, 15) is 5.11 Å². The molecule has 1 saturated heterocycles. The molecule has 0 unspecified atom stereocenters. The van der Waals surface area contributed by atoms with Crippen molar-refractivity contribution in [2.45, 2.75) is 82.1 Å². The Hall–Kier alpha value is -1.28. The monoisotopic (exact) mass is 351 g/mol. The summed E-state index contributed by atoms with van der Waals surface area (Å²) in [6.07, 6.45) is 17.2. The fourth-order valence-electron chi connectivity index (χ4n) is 6.77. The van der Waals surface area contributed by atoms with Crippen molar-refractivity contribution in [2.24, 2.45) is 5.92 Å². The summed E-state index contributed by atoms with van der Waals surface area (Å²) in [5.41, 5.74) is 5.11. The third-order valence-corrected chi connectivity index (χ3v) is 8.04. The number of nitrogens with zero attached hydrogens (tertiary/aromatic N) is 1. The minimum atomic E-state index is 0.357. The minimum absolute atomic E-state index is 0.357. The van der Waals surface area contributed by atoms with Gasteiger partial charge in [-0.25, -0.2) is 0 Å². The van der Waals surface area contributed by atoms with E-state index in [1.165, 1.54) is 94.8 Å². The summed E-state index contributed by atoms with van der Waals surface area (Å²) in [4.78, 5) is 2.85. The summed E-state index contributed by atoms with van der Waals surface area (Å²) in [5.74, 6) is 1.27. The molecule has 3 atom stereocenters. The Morgan fingerprint density at radius 3 is 2.96 bits per heavy atom. The van der Waals surface area contributed by atoms with Crippen molar-refractivity contribution >= 4 is 0 Å². The molecule has 2 fully saturated rings. The summed E-state index contributed by atoms with van der Waals surface area (Å²) in [5, 5.41) is 10.1. The molecule has 2 heteroatoms. The number of aromatic hydroxyl groups is 1. The van der Waals surface area contributed by atoms with Gasteiger partial charge in [0.2, 0.25) is 0 Å². The molecule has 0 radical (unpaired) electrons. The molecule has 2 bridgehead atoms. The number of fused-ring (bicyclic) bond motifs is 1. The molecule has 4 aliphatic rings. The molecule has 5 rings (SSSR count). The van der Waals surface area contributed by atoms with Crippen LogP contribution < -0.4 is 0 Å². The minimum Gasteiger partial charge on any atom is -0.508 e. The zero-order valence-corrected chi connectivity index (χ0v) is 16.1. The second kappa shape index (κ2) is 6.71. The summed E-state index contributed by atoms with van der Waals surface area (Å²) in [7, 11) is 0. The highest BCUT2D eigenvalue weighted by atomic mass is 16.3. The van der Waals surface area contributed by atoms with E-state index in [-0.39, 0.29) is 0 Å². The van der Waals surface area contributed by atoms with E-state index in [2.05, 4.69) is 23.1 Å². The molecule has 1 aliphatic heterocycles. The molecule has 0 amide bonds. The lowest BCUT2D eigenvalue weighted by Gasteiger charge is -2.59. The highest BCUT2D eigenvalue weighted by molar-refractivity contribution is 5.45. The molecule has 1 aromatic carbocycles. The van der Waals surface area contributed by atoms with E-state index in [0.717, 1.165) is 12.0 Å². The largest absolute Gasteiger partial charge is 0.508 e. The first-order chi connectivity index (χ1) is 12.8. The first-order valence-electron chi connectivity index (χ1n) is 11.0. The number of piperidine rings is 1. The van der Waals surface area contributed by atoms with Crippen LogP contribution >= 0.6 is 0 Å². The van der Waals surface area contributed by atoms with Gasteiger partial charge >= 0.3 is 0 Å². The van der Waals surface area contributed by atoms with Gasteiger partial charge < -0.3 is 5.11 Å². The van der Waals surface area contributed by atoms with Crippen molar-refractivity contribution in [3.63, 3.8) is 0 Å². The fraction of sp³-hybridized carbons (Fsp3) is 0.667. The van der Waals surface area contributed by atoms with Gasteiger partial charge in [0.1, 0.15) is 5.75 Å². The van der Waals surface area contributed by atoms with Gasteiger partial charge in [0, 0.05) is 18.0 Å². The van der Waals surface area contributed by atoms with Crippen LogP contribution in [0.3, 0.4) is 0 Å². The first kappa shape index (κ1) is 16.9. The third kappa shape index (κ3) is 2.72. The fourth-order valence-corrected chi connectivity index (χ4v) is 6.77. The predicted molar refractivity (Wildman–Crippen MR) is 107 cm³/mol. The Kier molecular flexibility index (Phi) is 4.35. The molecule has 1 aromatic rings. The lowest BCUT2D eigenvalue weighted by atomic mass is 9.52. The SMILES string of the molecule is Oc1ccc2c(c1)[C@]13CCCC[C@H]1[C@@H](C2)N(CCC1=CCCCC1)CC3. The van der Waals surface area contributed by atoms with Gasteiger partial charge in [-0.3, -0.25) is 4.90 Å². The third-order valence-electron chi connectivity index (χ3n) is 8.04. The number of allylic oxidation sites excluding steroid dienone is 1. The number of hydrogen-bond acceptors (Lipinski definition) is 2. The zero-order valence-electron chi connectivity index (χ0n) is 16.1. The van der Waals surface area contributed by atoms with Crippen molar-refractivity contribution in [3.8, 4) is 5.75 Å². The highest BCUT2D eigenvalue weighted by Crippen LogP contribution is 2.56. The number of hydrogen-bond donors (Lipinski definition) is 1. The van der Waals surface area contributed by atoms with Gasteiger partial charge in [0.25, 0.3) is 0 Å². The maximum atomic E-state index is 10.1. The van der Waals surface area contributed by atoms with Gasteiger partial charge in [0.15, 0.2) is 0 Å². The average molecular weight is 352 g/mol. The number of benzene rings is 1. The van der Waals surface area contributed by atoms with Crippen LogP contribution in [0.2, 0.25) is 0 Å². The van der Waals surface area contributed by atoms with Crippen LogP contribution in [0.1, 0.15) is 75.3 Å². The van der Waals surface area contributed by atoms with Crippen LogP contribution in [0.25, 0.3) is 0 Å². The van der Waals surface area contributed by atoms with Crippen LogP contribution in [0.5, 0.6) is 5.75 Å². The Labute approximate surface area is 158 Å². The molecule has 1 saturated carbocycles. The van der Waals surface area contributed by atoms with Crippen LogP contribution in [-0.4, -0.2) is 29.1 Å². The Bertz CT molecular complexity index is 708. The summed E-state index contributed by atoms with van der Waals surface area (Å²) < 4.78 is 0. The molecule has 1 N–H and O–H groups in total. The van der Waals surface area contributed by atoms with Crippen LogP contribution in [0.15, 0.2) is 29.8 Å². The Morgan fingerprint density at radius 2 is 2.08 bits per heavy atom. The first-order valence-corrected chi connectivity index (χ1v) is 11.0. The van der Waals surface area contributed by atoms with Crippen LogP contribution in [0, 0.1) is 5.92 Å². The van der Waals surface area contributed by atoms with Gasteiger partial charge in [0.05, 0.1) is 0 Å². The van der Waals surface area contributed by atoms with Gasteiger partial charge in [-0.2, -0.15) is 0 Å². The second-order valence-electron chi connectivity index (χ2n) is 9.27. The highest BCUT2D eigenvalue weighted by Gasteiger charge is 2.53. The average Bonchev–Trinajstić information content (AvgIpc) is 2.69. The molecular formula is C24H33NO. The van der Waals surface area contributed by atoms with Crippen molar-refractivity contribution < 1.29 is 5.11 Å². The molecule has 140 valence electrons. The predicted octanol–water partition coefficient (Wildman–Crippen LogP) is 5.34. The van der Waals surface area contributed by atoms with Crippen molar-refractivity contribution in [3.05, 3.63) is 41.0 Å². The van der Waals surface area contributed by atoms with E-state index in [0.29, 0.717) is 11.2 Å². The van der Waals surface area contributed by atoms with Crippen molar-refractivity contribution in [2.75, 3.05) is 13.1 Å². The standard InChI is InChI=1S/C24H33NO/c26-20-10-9-19-16-23-21-8-4-5-12-24(21,22(19)17-20)13-15-25(23)14-11-18-6-2-1-3-7-18/h6,9-10,17,21,23,26H,1-5,7-8,11-16H2/t21-,23+,24-/m0/s1. The van der Waals surface area contributed by atoms with E-state index >= 15 is 0 Å². The van der Waals surface area contributed by atoms with Crippen molar-refractivity contribution in [1.82, 2.24) is 4.90 Å². The molecule has 26 heavy (non-hydrogen) atoms. The van der Waals surface area contributed by atoms with Gasteiger partial charge in [-0.15, -0.1) is 0 Å². The smallest absolute Gasteiger partial charge is 0.115 e. The summed E-state index contributed by atoms with van der Waals surface area (Å²) in [6, 6.07) is 6.97. The Balaban J connectivity index is 1.42. The van der Waals surface area contributed by atoms with E-state index in [1.807, 2.05) is 6.07 Å². The van der Waals surface area contributed by atoms with E-state index in [4.69, 9.17) is 0 Å². The topological polar surface area (TPSA) is 23.5 Å². The summed E-state index contributed by atoms with van der Waals surface area (Å²) in [6.45, 7) is 2.51. The zero-order chi connectivity index (χ0) is 17.6. The molecule has 0 spiro atoms. The lowest BCUT2D eigenvalue weighted by Crippen LogP contribution is -2.61. The van der Waals surface area contributed by atoms with Gasteiger partial charge in [-0.05, 0) is 93.5 Å². The van der Waals surface area contributed by atoms with Crippen molar-refractivity contribution in [1.29, 1.82) is 0 Å².